The van der Waals surface area contributed by atoms with E-state index in [2.05, 4.69) is 4.98 Å². The van der Waals surface area contributed by atoms with Crippen molar-refractivity contribution in [3.63, 3.8) is 0 Å². The van der Waals surface area contributed by atoms with Crippen LogP contribution in [-0.2, 0) is 16.4 Å². The molecule has 1 fully saturated rings. The van der Waals surface area contributed by atoms with Crippen molar-refractivity contribution in [2.24, 2.45) is 0 Å². The van der Waals surface area contributed by atoms with Gasteiger partial charge in [-0.25, -0.2) is 13.4 Å². The predicted octanol–water partition coefficient (Wildman–Crippen LogP) is 3.98. The smallest absolute Gasteiger partial charge is 0.243 e. The van der Waals surface area contributed by atoms with Gasteiger partial charge in [0.1, 0.15) is 11.5 Å². The molecule has 2 aromatic heterocycles. The average Bonchev–Trinajstić information content (AvgIpc) is 3.31. The lowest BCUT2D eigenvalue weighted by Gasteiger charge is -2.22. The maximum atomic E-state index is 13.1. The number of hydrogen-bond acceptors (Lipinski definition) is 5. The number of furan rings is 1. The second-order valence-corrected chi connectivity index (χ2v) is 8.69. The summed E-state index contributed by atoms with van der Waals surface area (Å²) in [5.41, 5.74) is 2.56. The molecule has 1 aliphatic heterocycles. The minimum absolute atomic E-state index is 0.215. The number of aryl methyl sites for hydroxylation is 1. The molecule has 1 aromatic carbocycles. The number of thiazole rings is 1. The maximum Gasteiger partial charge on any atom is 0.243 e. The van der Waals surface area contributed by atoms with E-state index in [0.717, 1.165) is 41.0 Å². The Morgan fingerprint density at radius 2 is 2.21 bits per heavy atom. The van der Waals surface area contributed by atoms with Gasteiger partial charge in [0.25, 0.3) is 0 Å². The topological polar surface area (TPSA) is 63.4 Å². The van der Waals surface area contributed by atoms with Crippen molar-refractivity contribution in [1.82, 2.24) is 9.29 Å². The van der Waals surface area contributed by atoms with E-state index >= 15 is 0 Å². The zero-order valence-electron chi connectivity index (χ0n) is 13.3. The molecule has 3 heterocycles. The molecule has 0 saturated carbocycles. The minimum atomic E-state index is -3.55. The molecule has 7 heteroatoms. The molecular weight excluding hydrogens is 344 g/mol. The van der Waals surface area contributed by atoms with Crippen molar-refractivity contribution >= 4 is 31.6 Å². The summed E-state index contributed by atoms with van der Waals surface area (Å²) in [7, 11) is -3.55. The highest BCUT2D eigenvalue weighted by Gasteiger charge is 2.38. The Morgan fingerprint density at radius 3 is 3.00 bits per heavy atom. The Kier molecular flexibility index (Phi) is 3.94. The largest absolute Gasteiger partial charge is 0.464 e. The highest BCUT2D eigenvalue weighted by molar-refractivity contribution is 7.89. The lowest BCUT2D eigenvalue weighted by Crippen LogP contribution is -2.30. The summed E-state index contributed by atoms with van der Waals surface area (Å²) in [5.74, 6) is 1.63. The van der Waals surface area contributed by atoms with E-state index in [0.29, 0.717) is 11.4 Å². The van der Waals surface area contributed by atoms with Crippen molar-refractivity contribution in [3.05, 3.63) is 47.4 Å². The molecule has 0 bridgehead atoms. The third kappa shape index (κ3) is 2.56. The first-order chi connectivity index (χ1) is 11.6. The van der Waals surface area contributed by atoms with Crippen LogP contribution in [0.25, 0.3) is 10.2 Å². The number of benzene rings is 1. The normalized spacial score (nSPS) is 19.3. The van der Waals surface area contributed by atoms with E-state index in [-0.39, 0.29) is 6.04 Å². The highest BCUT2D eigenvalue weighted by atomic mass is 32.2. The summed E-state index contributed by atoms with van der Waals surface area (Å²) < 4.78 is 34.5. The summed E-state index contributed by atoms with van der Waals surface area (Å²) in [6.45, 7) is 2.55. The van der Waals surface area contributed by atoms with E-state index in [1.807, 2.05) is 19.1 Å². The number of sulfonamides is 1. The fourth-order valence-corrected chi connectivity index (χ4v) is 5.69. The van der Waals surface area contributed by atoms with Gasteiger partial charge < -0.3 is 4.42 Å². The summed E-state index contributed by atoms with van der Waals surface area (Å²) in [4.78, 5) is 4.54. The molecule has 24 heavy (non-hydrogen) atoms. The fraction of sp³-hybridized carbons (Fsp3) is 0.353. The molecule has 0 N–H and O–H groups in total. The molecule has 1 atom stereocenters. The van der Waals surface area contributed by atoms with Crippen LogP contribution in [0.2, 0.25) is 0 Å². The second-order valence-electron chi connectivity index (χ2n) is 5.91. The molecule has 0 radical (unpaired) electrons. The van der Waals surface area contributed by atoms with Crippen molar-refractivity contribution in [1.29, 1.82) is 0 Å². The van der Waals surface area contributed by atoms with Gasteiger partial charge in [0.05, 0.1) is 26.7 Å². The third-order valence-electron chi connectivity index (χ3n) is 4.47. The molecule has 5 nitrogen and oxygen atoms in total. The van der Waals surface area contributed by atoms with E-state index in [9.17, 15) is 8.42 Å². The van der Waals surface area contributed by atoms with Crippen LogP contribution in [0.1, 0.15) is 37.3 Å². The number of nitrogens with zero attached hydrogens (tertiary/aromatic N) is 2. The summed E-state index contributed by atoms with van der Waals surface area (Å²) >= 11 is 1.45. The number of hydrogen-bond donors (Lipinski definition) is 0. The van der Waals surface area contributed by atoms with Gasteiger partial charge in [0.15, 0.2) is 0 Å². The lowest BCUT2D eigenvalue weighted by atomic mass is 10.2. The van der Waals surface area contributed by atoms with Crippen LogP contribution in [0.15, 0.2) is 45.2 Å². The molecule has 0 aliphatic carbocycles. The van der Waals surface area contributed by atoms with E-state index in [1.165, 1.54) is 11.3 Å². The summed E-state index contributed by atoms with van der Waals surface area (Å²) in [6, 6.07) is 8.76. The quantitative estimate of drug-likeness (QED) is 0.704. The Hall–Kier alpha value is -1.70. The molecule has 4 rings (SSSR count). The zero-order chi connectivity index (χ0) is 16.7. The number of rotatable bonds is 4. The van der Waals surface area contributed by atoms with Gasteiger partial charge in [-0.1, -0.05) is 6.92 Å². The average molecular weight is 362 g/mol. The molecule has 3 aromatic rings. The molecule has 1 aliphatic rings. The monoisotopic (exact) mass is 362 g/mol. The maximum absolute atomic E-state index is 13.1. The van der Waals surface area contributed by atoms with Crippen molar-refractivity contribution < 1.29 is 12.8 Å². The fourth-order valence-electron chi connectivity index (χ4n) is 3.21. The Morgan fingerprint density at radius 1 is 1.33 bits per heavy atom. The van der Waals surface area contributed by atoms with Gasteiger partial charge in [-0.05, 0) is 43.2 Å². The van der Waals surface area contributed by atoms with Gasteiger partial charge in [-0.15, -0.1) is 11.3 Å². The standard InChI is InChI=1S/C17H18N2O3S2/c1-2-12-5-8-16(22-12)15-4-3-9-19(15)24(20,21)13-6-7-14-17(10-13)23-11-18-14/h5-8,10-11,15H,2-4,9H2,1H3. The van der Waals surface area contributed by atoms with Crippen LogP contribution in [0.3, 0.4) is 0 Å². The van der Waals surface area contributed by atoms with E-state index in [4.69, 9.17) is 4.42 Å². The molecule has 0 amide bonds. The van der Waals surface area contributed by atoms with Crippen LogP contribution < -0.4 is 0 Å². The third-order valence-corrected chi connectivity index (χ3v) is 7.17. The van der Waals surface area contributed by atoms with Crippen molar-refractivity contribution in [3.8, 4) is 0 Å². The van der Waals surface area contributed by atoms with Crippen LogP contribution in [0, 0.1) is 0 Å². The van der Waals surface area contributed by atoms with Gasteiger partial charge in [-0.2, -0.15) is 4.31 Å². The second kappa shape index (κ2) is 5.98. The molecular formula is C17H18N2O3S2. The van der Waals surface area contributed by atoms with Gasteiger partial charge in [0, 0.05) is 13.0 Å². The highest BCUT2D eigenvalue weighted by Crippen LogP contribution is 2.38. The summed E-state index contributed by atoms with van der Waals surface area (Å²) in [5, 5.41) is 0. The SMILES string of the molecule is CCc1ccc(C2CCCN2S(=O)(=O)c2ccc3ncsc3c2)o1. The van der Waals surface area contributed by atoms with Gasteiger partial charge in [-0.3, -0.25) is 0 Å². The van der Waals surface area contributed by atoms with Crippen molar-refractivity contribution in [2.75, 3.05) is 6.54 Å². The minimum Gasteiger partial charge on any atom is -0.464 e. The molecule has 1 unspecified atom stereocenters. The first-order valence-corrected chi connectivity index (χ1v) is 10.4. The number of fused-ring (bicyclic) bond motifs is 1. The van der Waals surface area contributed by atoms with Crippen LogP contribution in [-0.4, -0.2) is 24.3 Å². The van der Waals surface area contributed by atoms with Crippen LogP contribution >= 0.6 is 11.3 Å². The predicted molar refractivity (Wildman–Crippen MR) is 93.6 cm³/mol. The number of aromatic nitrogens is 1. The van der Waals surface area contributed by atoms with Crippen molar-refractivity contribution in [2.45, 2.75) is 37.1 Å². The first-order valence-electron chi connectivity index (χ1n) is 8.03. The van der Waals surface area contributed by atoms with E-state index < -0.39 is 10.0 Å². The van der Waals surface area contributed by atoms with E-state index in [1.54, 1.807) is 28.0 Å². The molecule has 126 valence electrons. The van der Waals surface area contributed by atoms with Gasteiger partial charge in [0.2, 0.25) is 10.0 Å². The molecule has 0 spiro atoms. The Labute approximate surface area is 145 Å². The Bertz CT molecular complexity index is 975. The summed E-state index contributed by atoms with van der Waals surface area (Å²) in [6.07, 6.45) is 2.44. The zero-order valence-corrected chi connectivity index (χ0v) is 14.9. The lowest BCUT2D eigenvalue weighted by molar-refractivity contribution is 0.331. The van der Waals surface area contributed by atoms with Crippen LogP contribution in [0.4, 0.5) is 0 Å². The van der Waals surface area contributed by atoms with Crippen LogP contribution in [0.5, 0.6) is 0 Å². The first kappa shape index (κ1) is 15.8. The Balaban J connectivity index is 1.71. The molecule has 1 saturated heterocycles. The van der Waals surface area contributed by atoms with Gasteiger partial charge >= 0.3 is 0 Å².